The molecule has 0 saturated heterocycles. The van der Waals surface area contributed by atoms with Gasteiger partial charge in [0.25, 0.3) is 0 Å². The number of nitrogens with two attached hydrogens (primary N) is 2. The van der Waals surface area contributed by atoms with E-state index in [0.717, 1.165) is 45.7 Å². The van der Waals surface area contributed by atoms with Crippen molar-refractivity contribution in [1.82, 2.24) is 19.7 Å². The molecule has 5 N–H and O–H groups in total. The van der Waals surface area contributed by atoms with E-state index in [1.165, 1.54) is 32.1 Å². The van der Waals surface area contributed by atoms with Gasteiger partial charge in [-0.3, -0.25) is 9.48 Å². The zero-order chi connectivity index (χ0) is 27.8. The quantitative estimate of drug-likeness (QED) is 0.320. The topological polar surface area (TPSA) is 134 Å². The van der Waals surface area contributed by atoms with E-state index in [1.807, 2.05) is 59.0 Å². The van der Waals surface area contributed by atoms with Crippen LogP contribution in [0.15, 0.2) is 36.7 Å². The third kappa shape index (κ3) is 11.4. The lowest BCUT2D eigenvalue weighted by atomic mass is 9.91. The van der Waals surface area contributed by atoms with Crippen molar-refractivity contribution in [1.29, 1.82) is 0 Å². The molecule has 4 rings (SSSR count). The smallest absolute Gasteiger partial charge is 0.221 e. The molecule has 2 aromatic heterocycles. The molecule has 0 spiro atoms. The van der Waals surface area contributed by atoms with E-state index in [2.05, 4.69) is 27.4 Å². The summed E-state index contributed by atoms with van der Waals surface area (Å²) in [5.74, 6) is 8.34. The number of ether oxygens (including phenoxy) is 1. The van der Waals surface area contributed by atoms with Gasteiger partial charge in [0.2, 0.25) is 5.91 Å². The number of primary amides is 1. The number of rotatable bonds is 5. The Morgan fingerprint density at radius 1 is 1.16 bits per heavy atom. The van der Waals surface area contributed by atoms with E-state index >= 15 is 0 Å². The van der Waals surface area contributed by atoms with Crippen LogP contribution < -0.4 is 21.7 Å². The Bertz CT molecular complexity index is 1080. The first-order valence-corrected chi connectivity index (χ1v) is 12.9. The molecule has 0 radical (unpaired) electrons. The number of amides is 1. The number of benzene rings is 1. The average molecular weight is 512 g/mol. The van der Waals surface area contributed by atoms with Gasteiger partial charge in [-0.25, -0.2) is 15.8 Å². The lowest BCUT2D eigenvalue weighted by molar-refractivity contribution is -0.117. The highest BCUT2D eigenvalue weighted by atomic mass is 16.5. The maximum Gasteiger partial charge on any atom is 0.221 e. The second-order valence-corrected chi connectivity index (χ2v) is 8.91. The zero-order valence-electron chi connectivity index (χ0n) is 23.5. The monoisotopic (exact) mass is 511 g/mol. The van der Waals surface area contributed by atoms with Gasteiger partial charge >= 0.3 is 0 Å². The standard InChI is InChI=1S/C10H13NO2.C9H12N6.C7H14.C2H6/c1-7-3-8(6-10(11)12)5-9(4-7)13-2;1-6-11-4-3-8(13-6)7-5-12-15(2)9(7)14-10;1-7-5-3-2-4-6-7;1-2/h3-5H,6H2,1-2H3,(H2,11,12);3-5,14H,10H2,1-2H3;7H,2-6H2,1H3;1-2H3. The van der Waals surface area contributed by atoms with E-state index in [1.54, 1.807) is 24.2 Å². The van der Waals surface area contributed by atoms with Gasteiger partial charge in [0.15, 0.2) is 0 Å². The maximum absolute atomic E-state index is 10.7. The summed E-state index contributed by atoms with van der Waals surface area (Å²) >= 11 is 0. The fourth-order valence-electron chi connectivity index (χ4n) is 3.95. The van der Waals surface area contributed by atoms with E-state index in [9.17, 15) is 4.79 Å². The van der Waals surface area contributed by atoms with Crippen LogP contribution in [0.1, 0.15) is 69.8 Å². The first-order chi connectivity index (χ1) is 17.7. The summed E-state index contributed by atoms with van der Waals surface area (Å²) in [4.78, 5) is 19.0. The number of hydrogen-bond acceptors (Lipinski definition) is 7. The Kier molecular flexibility index (Phi) is 14.6. The van der Waals surface area contributed by atoms with Crippen LogP contribution in [0.2, 0.25) is 0 Å². The highest BCUT2D eigenvalue weighted by Crippen LogP contribution is 2.24. The summed E-state index contributed by atoms with van der Waals surface area (Å²) in [6.45, 7) is 10.2. The van der Waals surface area contributed by atoms with Gasteiger partial charge < -0.3 is 15.9 Å². The number of nitrogen functional groups attached to an aromatic ring is 1. The molecule has 3 aromatic rings. The molecule has 1 aromatic carbocycles. The van der Waals surface area contributed by atoms with Crippen molar-refractivity contribution >= 4 is 11.7 Å². The van der Waals surface area contributed by atoms with Gasteiger partial charge in [-0.2, -0.15) is 5.10 Å². The van der Waals surface area contributed by atoms with Crippen LogP contribution in [0.25, 0.3) is 11.3 Å². The molecular weight excluding hydrogens is 466 g/mol. The van der Waals surface area contributed by atoms with Crippen molar-refractivity contribution in [3.05, 3.63) is 53.6 Å². The highest BCUT2D eigenvalue weighted by Gasteiger charge is 2.10. The van der Waals surface area contributed by atoms with Gasteiger partial charge in [-0.1, -0.05) is 58.9 Å². The second-order valence-electron chi connectivity index (χ2n) is 8.91. The van der Waals surface area contributed by atoms with Gasteiger partial charge in [0.1, 0.15) is 17.4 Å². The Balaban J connectivity index is 0.000000283. The fraction of sp³-hybridized carbons (Fsp3) is 0.500. The van der Waals surface area contributed by atoms with Crippen molar-refractivity contribution in [2.45, 2.75) is 73.1 Å². The first kappa shape index (κ1) is 31.6. The Morgan fingerprint density at radius 3 is 2.35 bits per heavy atom. The summed E-state index contributed by atoms with van der Waals surface area (Å²) in [6, 6.07) is 7.47. The van der Waals surface area contributed by atoms with Crippen LogP contribution in [0.5, 0.6) is 5.75 Å². The number of anilines is 1. The van der Waals surface area contributed by atoms with Crippen LogP contribution in [0.4, 0.5) is 5.82 Å². The zero-order valence-corrected chi connectivity index (χ0v) is 23.5. The molecule has 1 amide bonds. The molecule has 0 atom stereocenters. The molecule has 1 fully saturated rings. The molecular formula is C28H45N7O2. The van der Waals surface area contributed by atoms with E-state index < -0.39 is 0 Å². The van der Waals surface area contributed by atoms with Gasteiger partial charge in [-0.15, -0.1) is 0 Å². The van der Waals surface area contributed by atoms with Gasteiger partial charge in [0.05, 0.1) is 31.0 Å². The molecule has 1 aliphatic rings. The summed E-state index contributed by atoms with van der Waals surface area (Å²) in [5, 5.41) is 4.11. The number of methoxy groups -OCH3 is 1. The van der Waals surface area contributed by atoms with Crippen LogP contribution >= 0.6 is 0 Å². The molecule has 1 aliphatic carbocycles. The van der Waals surface area contributed by atoms with Crippen molar-refractivity contribution < 1.29 is 9.53 Å². The second kappa shape index (κ2) is 17.1. The summed E-state index contributed by atoms with van der Waals surface area (Å²) in [6.07, 6.45) is 11.1. The molecule has 0 aliphatic heterocycles. The largest absolute Gasteiger partial charge is 0.497 e. The van der Waals surface area contributed by atoms with E-state index in [0.29, 0.717) is 0 Å². The highest BCUT2D eigenvalue weighted by molar-refractivity contribution is 5.76. The molecule has 204 valence electrons. The van der Waals surface area contributed by atoms with E-state index in [-0.39, 0.29) is 12.3 Å². The van der Waals surface area contributed by atoms with Crippen molar-refractivity contribution in [2.75, 3.05) is 12.5 Å². The Morgan fingerprint density at radius 2 is 1.84 bits per heavy atom. The predicted molar refractivity (Wildman–Crippen MR) is 151 cm³/mol. The first-order valence-electron chi connectivity index (χ1n) is 12.9. The molecule has 9 heteroatoms. The number of hydrazine groups is 1. The minimum Gasteiger partial charge on any atom is -0.497 e. The summed E-state index contributed by atoms with van der Waals surface area (Å²) in [7, 11) is 3.41. The molecule has 0 bridgehead atoms. The SMILES string of the molecule is CC.CC1CCCCC1.COc1cc(C)cc(CC(N)=O)c1.Cc1nccc(-c2cnn(C)c2NN)n1. The Hall–Kier alpha value is -3.46. The lowest BCUT2D eigenvalue weighted by Gasteiger charge is -2.15. The van der Waals surface area contributed by atoms with Crippen molar-refractivity contribution in [3.63, 3.8) is 0 Å². The number of hydrogen-bond donors (Lipinski definition) is 3. The van der Waals surface area contributed by atoms with Gasteiger partial charge in [0, 0.05) is 13.2 Å². The number of carbonyl (C=O) groups is 1. The van der Waals surface area contributed by atoms with E-state index in [4.69, 9.17) is 16.3 Å². The number of nitrogens with one attached hydrogen (secondary N) is 1. The molecule has 2 heterocycles. The molecule has 1 saturated carbocycles. The summed E-state index contributed by atoms with van der Waals surface area (Å²) in [5.41, 5.74) is 11.3. The number of aromatic nitrogens is 4. The average Bonchev–Trinajstić information content (AvgIpc) is 3.26. The fourth-order valence-corrected chi connectivity index (χ4v) is 3.95. The van der Waals surface area contributed by atoms with Crippen molar-refractivity contribution in [3.8, 4) is 17.0 Å². The van der Waals surface area contributed by atoms with Crippen LogP contribution in [0.3, 0.4) is 0 Å². The minimum absolute atomic E-state index is 0.262. The normalized spacial score (nSPS) is 12.5. The third-order valence-electron chi connectivity index (χ3n) is 5.75. The predicted octanol–water partition coefficient (Wildman–Crippen LogP) is 5.12. The van der Waals surface area contributed by atoms with Crippen LogP contribution in [0, 0.1) is 19.8 Å². The third-order valence-corrected chi connectivity index (χ3v) is 5.75. The number of carbonyl (C=O) groups excluding carboxylic acids is 1. The van der Waals surface area contributed by atoms with Crippen LogP contribution in [-0.2, 0) is 18.3 Å². The van der Waals surface area contributed by atoms with Crippen molar-refractivity contribution in [2.24, 2.45) is 24.5 Å². The van der Waals surface area contributed by atoms with Gasteiger partial charge in [-0.05, 0) is 49.1 Å². The number of aryl methyl sites for hydroxylation is 3. The molecule has 37 heavy (non-hydrogen) atoms. The lowest BCUT2D eigenvalue weighted by Crippen LogP contribution is -2.13. The summed E-state index contributed by atoms with van der Waals surface area (Å²) < 4.78 is 6.72. The Labute approximate surface area is 222 Å². The molecule has 0 unspecified atom stereocenters. The van der Waals surface area contributed by atoms with Crippen LogP contribution in [-0.4, -0.2) is 32.8 Å². The maximum atomic E-state index is 10.7. The number of nitrogens with zero attached hydrogens (tertiary/aromatic N) is 4. The molecule has 9 nitrogen and oxygen atoms in total. The minimum atomic E-state index is -0.326.